The molecule has 18 rings (SSSR count). The van der Waals surface area contributed by atoms with E-state index in [9.17, 15) is 0 Å². The number of hydrogen-bond acceptors (Lipinski definition) is 4. The third-order valence-electron chi connectivity index (χ3n) is 21.0. The lowest BCUT2D eigenvalue weighted by Crippen LogP contribution is -2.29. The van der Waals surface area contributed by atoms with Gasteiger partial charge in [0.05, 0.1) is 33.2 Å². The second-order valence-corrected chi connectivity index (χ2v) is 30.1. The van der Waals surface area contributed by atoms with E-state index in [1.165, 1.54) is 49.3 Å². The lowest BCUT2D eigenvalue weighted by molar-refractivity contribution is 0.589. The summed E-state index contributed by atoms with van der Waals surface area (Å²) in [6, 6.07) is 109. The molecule has 98 heavy (non-hydrogen) atoms. The van der Waals surface area contributed by atoms with Crippen LogP contribution >= 0.6 is 0 Å². The molecular formula is C93H75N3O2. The Morgan fingerprint density at radius 3 is 1.24 bits per heavy atom. The van der Waals surface area contributed by atoms with Crippen LogP contribution in [0, 0.1) is 0 Å². The van der Waals surface area contributed by atoms with E-state index in [0.29, 0.717) is 0 Å². The summed E-state index contributed by atoms with van der Waals surface area (Å²) in [4.78, 5) is 4.90. The maximum Gasteiger partial charge on any atom is 0.160 e. The van der Waals surface area contributed by atoms with Gasteiger partial charge in [0.15, 0.2) is 5.58 Å². The highest BCUT2D eigenvalue weighted by atomic mass is 16.3. The molecule has 0 saturated heterocycles. The summed E-state index contributed by atoms with van der Waals surface area (Å²) in [5, 5.41) is 11.3. The Balaban J connectivity index is 1.02. The summed E-state index contributed by atoms with van der Waals surface area (Å²) >= 11 is 0. The SMILES string of the molecule is CC(C)(C)c1ccc(C2(c3ccc(-n4c5ccc(C(C)(C)C)cc5c5cc(C(C)(C)C)ccc54)cc3)c3cc(N(c4ccccc4)c4ccc5ccccc5c4)c4c(oc5ccccc54)c3-c3c2cc(N(c2ccccc2)c2ccc4ccccc4c2)c2oc4ccccc4c32)cc1. The smallest absolute Gasteiger partial charge is 0.160 e. The number of benzene rings is 14. The van der Waals surface area contributed by atoms with Gasteiger partial charge in [0.1, 0.15) is 16.7 Å². The summed E-state index contributed by atoms with van der Waals surface area (Å²) in [6.07, 6.45) is 0. The molecule has 3 aromatic heterocycles. The lowest BCUT2D eigenvalue weighted by Gasteiger charge is -2.36. The van der Waals surface area contributed by atoms with Gasteiger partial charge in [-0.2, -0.15) is 0 Å². The predicted molar refractivity (Wildman–Crippen MR) is 413 cm³/mol. The van der Waals surface area contributed by atoms with Gasteiger partial charge in [-0.25, -0.2) is 0 Å². The maximum absolute atomic E-state index is 7.75. The van der Waals surface area contributed by atoms with Crippen molar-refractivity contribution >= 4 is 121 Å². The molecule has 14 aromatic carbocycles. The van der Waals surface area contributed by atoms with Crippen LogP contribution in [0.1, 0.15) is 101 Å². The predicted octanol–water partition coefficient (Wildman–Crippen LogP) is 26.1. The first-order valence-electron chi connectivity index (χ1n) is 34.5. The van der Waals surface area contributed by atoms with Gasteiger partial charge in [-0.1, -0.05) is 244 Å². The van der Waals surface area contributed by atoms with Crippen molar-refractivity contribution in [1.29, 1.82) is 0 Å². The first-order valence-corrected chi connectivity index (χ1v) is 34.5. The average molecular weight is 1270 g/mol. The van der Waals surface area contributed by atoms with Gasteiger partial charge >= 0.3 is 0 Å². The molecule has 1 atom stereocenters. The Kier molecular flexibility index (Phi) is 13.2. The van der Waals surface area contributed by atoms with E-state index < -0.39 is 5.41 Å². The van der Waals surface area contributed by atoms with Gasteiger partial charge in [0.2, 0.25) is 0 Å². The van der Waals surface area contributed by atoms with E-state index in [0.717, 1.165) is 128 Å². The minimum Gasteiger partial charge on any atom is -0.455 e. The number of hydrogen-bond donors (Lipinski definition) is 0. The molecule has 5 nitrogen and oxygen atoms in total. The van der Waals surface area contributed by atoms with Crippen molar-refractivity contribution < 1.29 is 8.83 Å². The Labute approximate surface area is 572 Å². The molecule has 0 aliphatic heterocycles. The standard InChI is InChI=1S/C93H75N3O2/c1-90(2,3)62-38-40-63(41-39-62)93(64-42-48-69(49-43-64)96-78-50-44-65(91(4,5)6)54-74(78)75-55-66(92(7,8)9)45-51-79(75)96)76-57-81(95(68-30-14-11-15-31-68)71-47-37-59-25-17-19-27-61(59)53-71)88-85(73-33-21-23-35-83(73)97-88)86(76)87-77(93)56-80(84-72-32-20-22-34-82(72)98-89(84)87)94(67-28-12-10-13-29-67)70-46-36-58-24-16-18-26-60(58)52-70/h10-57H,1-9H3. The Morgan fingerprint density at radius 1 is 0.306 bits per heavy atom. The fourth-order valence-electron chi connectivity index (χ4n) is 16.1. The molecule has 17 aromatic rings. The van der Waals surface area contributed by atoms with E-state index in [4.69, 9.17) is 8.83 Å². The second-order valence-electron chi connectivity index (χ2n) is 30.1. The molecule has 0 amide bonds. The molecule has 474 valence electrons. The van der Waals surface area contributed by atoms with E-state index in [2.05, 4.69) is 368 Å². The van der Waals surface area contributed by atoms with Crippen molar-refractivity contribution in [2.24, 2.45) is 0 Å². The van der Waals surface area contributed by atoms with Crippen LogP contribution in [0.3, 0.4) is 0 Å². The Morgan fingerprint density at radius 2 is 0.724 bits per heavy atom. The summed E-state index contributed by atoms with van der Waals surface area (Å²) in [5.41, 5.74) is 21.9. The quantitative estimate of drug-likeness (QED) is 0.144. The molecule has 5 heteroatoms. The Hall–Kier alpha value is -11.4. The molecule has 3 heterocycles. The lowest BCUT2D eigenvalue weighted by atomic mass is 9.67. The molecule has 0 spiro atoms. The van der Waals surface area contributed by atoms with E-state index in [-0.39, 0.29) is 16.2 Å². The molecule has 0 radical (unpaired) electrons. The molecule has 0 N–H and O–H groups in total. The van der Waals surface area contributed by atoms with Crippen molar-refractivity contribution in [3.05, 3.63) is 330 Å². The van der Waals surface area contributed by atoms with Crippen LogP contribution in [0.15, 0.2) is 300 Å². The first kappa shape index (κ1) is 59.1. The van der Waals surface area contributed by atoms with Crippen LogP contribution in [-0.2, 0) is 21.7 Å². The van der Waals surface area contributed by atoms with Gasteiger partial charge < -0.3 is 23.2 Å². The molecule has 0 fully saturated rings. The minimum absolute atomic E-state index is 0.0393. The van der Waals surface area contributed by atoms with Crippen LogP contribution < -0.4 is 9.80 Å². The number of aromatic nitrogens is 1. The highest BCUT2D eigenvalue weighted by Crippen LogP contribution is 2.65. The van der Waals surface area contributed by atoms with E-state index >= 15 is 0 Å². The van der Waals surface area contributed by atoms with Crippen LogP contribution in [0.5, 0.6) is 0 Å². The van der Waals surface area contributed by atoms with Crippen LogP contribution in [0.4, 0.5) is 34.1 Å². The summed E-state index contributed by atoms with van der Waals surface area (Å²) < 4.78 is 17.8. The van der Waals surface area contributed by atoms with E-state index in [1.807, 2.05) is 0 Å². The summed E-state index contributed by atoms with van der Waals surface area (Å²) in [7, 11) is 0. The zero-order chi connectivity index (χ0) is 66.6. The molecular weight excluding hydrogens is 1190 g/mol. The van der Waals surface area contributed by atoms with Gasteiger partial charge in [0.25, 0.3) is 0 Å². The number of nitrogens with zero attached hydrogens (tertiary/aromatic N) is 3. The third-order valence-corrected chi connectivity index (χ3v) is 21.0. The normalized spacial score (nSPS) is 14.2. The highest BCUT2D eigenvalue weighted by Gasteiger charge is 2.51. The minimum atomic E-state index is -1.04. The summed E-state index contributed by atoms with van der Waals surface area (Å²) in [6.45, 7) is 20.8. The van der Waals surface area contributed by atoms with Crippen molar-refractivity contribution in [2.75, 3.05) is 9.80 Å². The second kappa shape index (κ2) is 21.8. The molecule has 1 aliphatic rings. The van der Waals surface area contributed by atoms with Crippen molar-refractivity contribution in [2.45, 2.75) is 84.0 Å². The Bertz CT molecular complexity index is 5980. The van der Waals surface area contributed by atoms with Crippen molar-refractivity contribution in [3.63, 3.8) is 0 Å². The number of rotatable bonds is 9. The number of anilines is 6. The fraction of sp³-hybridized carbons (Fsp3) is 0.140. The van der Waals surface area contributed by atoms with Gasteiger partial charge in [-0.05, 0) is 186 Å². The average Bonchev–Trinajstić information content (AvgIpc) is 1.50. The topological polar surface area (TPSA) is 37.7 Å². The van der Waals surface area contributed by atoms with Crippen molar-refractivity contribution in [1.82, 2.24) is 4.57 Å². The molecule has 0 saturated carbocycles. The number of para-hydroxylation sites is 4. The number of furan rings is 2. The molecule has 0 bridgehead atoms. The van der Waals surface area contributed by atoms with Crippen molar-refractivity contribution in [3.8, 4) is 16.8 Å². The molecule has 1 aliphatic carbocycles. The monoisotopic (exact) mass is 1270 g/mol. The van der Waals surface area contributed by atoms with Gasteiger partial charge in [-0.3, -0.25) is 0 Å². The van der Waals surface area contributed by atoms with Crippen LogP contribution in [0.25, 0.3) is 104 Å². The summed E-state index contributed by atoms with van der Waals surface area (Å²) in [5.74, 6) is 0. The largest absolute Gasteiger partial charge is 0.455 e. The third kappa shape index (κ3) is 9.12. The zero-order valence-electron chi connectivity index (χ0n) is 56.9. The van der Waals surface area contributed by atoms with Crippen LogP contribution in [-0.4, -0.2) is 4.57 Å². The fourth-order valence-corrected chi connectivity index (χ4v) is 16.1. The van der Waals surface area contributed by atoms with Gasteiger partial charge in [-0.15, -0.1) is 0 Å². The number of fused-ring (bicyclic) bond motifs is 16. The van der Waals surface area contributed by atoms with Crippen LogP contribution in [0.2, 0.25) is 0 Å². The molecule has 1 unspecified atom stereocenters. The highest BCUT2D eigenvalue weighted by molar-refractivity contribution is 6.26. The van der Waals surface area contributed by atoms with Gasteiger partial charge in [0, 0.05) is 66.5 Å². The first-order chi connectivity index (χ1) is 47.5. The maximum atomic E-state index is 7.75. The zero-order valence-corrected chi connectivity index (χ0v) is 56.9. The van der Waals surface area contributed by atoms with E-state index in [1.54, 1.807) is 0 Å².